The van der Waals surface area contributed by atoms with Gasteiger partial charge in [0, 0.05) is 11.3 Å². The van der Waals surface area contributed by atoms with E-state index in [1.54, 1.807) is 12.3 Å². The van der Waals surface area contributed by atoms with Crippen LogP contribution in [0.15, 0.2) is 23.5 Å². The molecule has 48 valence electrons. The van der Waals surface area contributed by atoms with E-state index in [4.69, 9.17) is 5.73 Å². The molecule has 0 bridgehead atoms. The van der Waals surface area contributed by atoms with Crippen LogP contribution in [0.5, 0.6) is 0 Å². The van der Waals surface area contributed by atoms with Crippen molar-refractivity contribution in [3.63, 3.8) is 0 Å². The van der Waals surface area contributed by atoms with Crippen LogP contribution in [-0.2, 0) is 4.79 Å². The summed E-state index contributed by atoms with van der Waals surface area (Å²) < 4.78 is 0. The Morgan fingerprint density at radius 3 is 3.00 bits per heavy atom. The third-order valence-corrected chi connectivity index (χ3v) is 1.17. The van der Waals surface area contributed by atoms with Crippen molar-refractivity contribution in [2.75, 3.05) is 6.54 Å². The van der Waals surface area contributed by atoms with E-state index in [1.165, 1.54) is 0 Å². The van der Waals surface area contributed by atoms with Gasteiger partial charge in [-0.1, -0.05) is 0 Å². The second-order valence-corrected chi connectivity index (χ2v) is 1.81. The minimum Gasteiger partial charge on any atom is -0.400 e. The van der Waals surface area contributed by atoms with E-state index in [0.29, 0.717) is 17.8 Å². The van der Waals surface area contributed by atoms with Crippen molar-refractivity contribution in [3.8, 4) is 0 Å². The molecule has 3 N–H and O–H groups in total. The number of nitrogens with two attached hydrogens (primary N) is 1. The lowest BCUT2D eigenvalue weighted by Crippen LogP contribution is -2.21. The summed E-state index contributed by atoms with van der Waals surface area (Å²) in [6.45, 7) is 0.574. The maximum absolute atomic E-state index is 10.2. The summed E-state index contributed by atoms with van der Waals surface area (Å²) in [6.07, 6.45) is 4.12. The largest absolute Gasteiger partial charge is 0.400 e. The zero-order valence-corrected chi connectivity index (χ0v) is 4.92. The fourth-order valence-corrected chi connectivity index (χ4v) is 0.642. The van der Waals surface area contributed by atoms with Crippen LogP contribution in [0.4, 0.5) is 0 Å². The van der Waals surface area contributed by atoms with Gasteiger partial charge in [0.15, 0.2) is 6.29 Å². The van der Waals surface area contributed by atoms with Gasteiger partial charge in [0.2, 0.25) is 0 Å². The summed E-state index contributed by atoms with van der Waals surface area (Å²) >= 11 is 0. The molecule has 0 fully saturated rings. The summed E-state index contributed by atoms with van der Waals surface area (Å²) in [5, 5.41) is 2.88. The van der Waals surface area contributed by atoms with Crippen molar-refractivity contribution in [2.45, 2.75) is 0 Å². The normalized spacial score (nSPS) is 17.3. The van der Waals surface area contributed by atoms with Crippen LogP contribution in [0.1, 0.15) is 0 Å². The monoisotopic (exact) mass is 124 g/mol. The Labute approximate surface area is 53.2 Å². The second-order valence-electron chi connectivity index (χ2n) is 1.81. The van der Waals surface area contributed by atoms with Gasteiger partial charge in [0.25, 0.3) is 0 Å². The molecular weight excluding hydrogens is 116 g/mol. The van der Waals surface area contributed by atoms with Crippen molar-refractivity contribution in [2.24, 2.45) is 5.73 Å². The molecule has 9 heavy (non-hydrogen) atoms. The third-order valence-electron chi connectivity index (χ3n) is 1.17. The molecule has 0 aliphatic carbocycles. The molecule has 3 heteroatoms. The Morgan fingerprint density at radius 2 is 2.56 bits per heavy atom. The first kappa shape index (κ1) is 5.88. The van der Waals surface area contributed by atoms with Gasteiger partial charge < -0.3 is 11.1 Å². The molecule has 0 amide bonds. The van der Waals surface area contributed by atoms with Gasteiger partial charge in [-0.25, -0.2) is 0 Å². The van der Waals surface area contributed by atoms with Crippen LogP contribution < -0.4 is 11.1 Å². The van der Waals surface area contributed by atoms with E-state index in [-0.39, 0.29) is 0 Å². The van der Waals surface area contributed by atoms with Gasteiger partial charge >= 0.3 is 0 Å². The fourth-order valence-electron chi connectivity index (χ4n) is 0.642. The molecule has 0 atom stereocenters. The first-order valence-electron chi connectivity index (χ1n) is 2.68. The Morgan fingerprint density at radius 1 is 1.78 bits per heavy atom. The number of aldehydes is 1. The number of carbonyl (C=O) groups excluding carboxylic acids is 1. The number of carbonyl (C=O) groups is 1. The average molecular weight is 124 g/mol. The highest BCUT2D eigenvalue weighted by Crippen LogP contribution is 1.99. The molecule has 1 aliphatic rings. The molecule has 0 unspecified atom stereocenters. The van der Waals surface area contributed by atoms with Gasteiger partial charge in [-0.3, -0.25) is 4.79 Å². The fraction of sp³-hybridized carbons (Fsp3) is 0.167. The molecule has 0 radical (unpaired) electrons. The summed E-state index contributed by atoms with van der Waals surface area (Å²) in [7, 11) is 0. The predicted molar refractivity (Wildman–Crippen MR) is 34.4 cm³/mol. The molecule has 0 aromatic carbocycles. The van der Waals surface area contributed by atoms with Crippen LogP contribution in [0.3, 0.4) is 0 Å². The van der Waals surface area contributed by atoms with Crippen molar-refractivity contribution in [1.29, 1.82) is 0 Å². The zero-order valence-electron chi connectivity index (χ0n) is 4.92. The van der Waals surface area contributed by atoms with Crippen LogP contribution in [-0.4, -0.2) is 12.8 Å². The van der Waals surface area contributed by atoms with Crippen molar-refractivity contribution in [1.82, 2.24) is 5.32 Å². The summed E-state index contributed by atoms with van der Waals surface area (Å²) in [6, 6.07) is 0. The Balaban J connectivity index is 2.84. The minimum absolute atomic E-state index is 0.574. The van der Waals surface area contributed by atoms with Gasteiger partial charge in [-0.2, -0.15) is 0 Å². The molecule has 3 nitrogen and oxygen atoms in total. The van der Waals surface area contributed by atoms with E-state index >= 15 is 0 Å². The number of dihydropyridines is 1. The molecule has 0 aromatic rings. The Hall–Kier alpha value is -1.25. The molecule has 0 aromatic heterocycles. The lowest BCUT2D eigenvalue weighted by molar-refractivity contribution is -0.104. The number of allylic oxidation sites excluding steroid dienone is 2. The van der Waals surface area contributed by atoms with Gasteiger partial charge in [0.1, 0.15) is 0 Å². The SMILES string of the molecule is NC1=C(C=O)C=CNC1. The molecule has 0 saturated carbocycles. The van der Waals surface area contributed by atoms with Crippen molar-refractivity contribution >= 4 is 6.29 Å². The first-order valence-corrected chi connectivity index (χ1v) is 2.68. The maximum atomic E-state index is 10.2. The first-order chi connectivity index (χ1) is 4.34. The van der Waals surface area contributed by atoms with Crippen molar-refractivity contribution in [3.05, 3.63) is 23.5 Å². The average Bonchev–Trinajstić information content (AvgIpc) is 1.89. The Kier molecular flexibility index (Phi) is 1.53. The predicted octanol–water partition coefficient (Wildman–Crippen LogP) is -0.485. The Bertz CT molecular complexity index is 181. The number of nitrogens with one attached hydrogen (secondary N) is 1. The van der Waals surface area contributed by atoms with E-state index in [2.05, 4.69) is 5.32 Å². The van der Waals surface area contributed by atoms with Crippen LogP contribution in [0, 0.1) is 0 Å². The zero-order chi connectivity index (χ0) is 6.69. The number of hydrogen-bond acceptors (Lipinski definition) is 3. The second kappa shape index (κ2) is 2.35. The minimum atomic E-state index is 0.574. The van der Waals surface area contributed by atoms with Gasteiger partial charge in [-0.05, 0) is 12.3 Å². The van der Waals surface area contributed by atoms with Crippen LogP contribution in [0.25, 0.3) is 0 Å². The van der Waals surface area contributed by atoms with E-state index in [0.717, 1.165) is 6.29 Å². The van der Waals surface area contributed by atoms with E-state index < -0.39 is 0 Å². The summed E-state index contributed by atoms with van der Waals surface area (Å²) in [5.74, 6) is 0. The van der Waals surface area contributed by atoms with E-state index in [9.17, 15) is 4.79 Å². The topological polar surface area (TPSA) is 55.1 Å². The molecule has 1 heterocycles. The lowest BCUT2D eigenvalue weighted by atomic mass is 10.2. The highest BCUT2D eigenvalue weighted by molar-refractivity contribution is 5.79. The highest BCUT2D eigenvalue weighted by Gasteiger charge is 2.00. The summed E-state index contributed by atoms with van der Waals surface area (Å²) in [5.41, 5.74) is 6.61. The smallest absolute Gasteiger partial charge is 0.151 e. The highest BCUT2D eigenvalue weighted by atomic mass is 16.1. The number of rotatable bonds is 1. The quantitative estimate of drug-likeness (QED) is 0.464. The molecular formula is C6H8N2O. The third kappa shape index (κ3) is 1.10. The van der Waals surface area contributed by atoms with Crippen LogP contribution in [0.2, 0.25) is 0 Å². The molecule has 0 saturated heterocycles. The molecule has 0 spiro atoms. The van der Waals surface area contributed by atoms with E-state index in [1.807, 2.05) is 0 Å². The lowest BCUT2D eigenvalue weighted by Gasteiger charge is -2.07. The number of hydrogen-bond donors (Lipinski definition) is 2. The van der Waals surface area contributed by atoms with Crippen LogP contribution >= 0.6 is 0 Å². The molecule has 1 aliphatic heterocycles. The molecule has 1 rings (SSSR count). The van der Waals surface area contributed by atoms with Gasteiger partial charge in [0.05, 0.1) is 6.54 Å². The van der Waals surface area contributed by atoms with Gasteiger partial charge in [-0.15, -0.1) is 0 Å². The summed E-state index contributed by atoms with van der Waals surface area (Å²) in [4.78, 5) is 10.2. The van der Waals surface area contributed by atoms with Crippen molar-refractivity contribution < 1.29 is 4.79 Å². The standard InChI is InChI=1S/C6H8N2O/c7-6-3-8-2-1-5(6)4-9/h1-2,4,8H,3,7H2. The maximum Gasteiger partial charge on any atom is 0.151 e.